The molecule has 0 aromatic heterocycles. The summed E-state index contributed by atoms with van der Waals surface area (Å²) in [5.74, 6) is -4.40. The Bertz CT molecular complexity index is 676. The second-order valence-corrected chi connectivity index (χ2v) is 8.54. The van der Waals surface area contributed by atoms with Crippen molar-refractivity contribution in [2.75, 3.05) is 12.0 Å². The third-order valence-corrected chi connectivity index (χ3v) is 5.49. The maximum absolute atomic E-state index is 12.9. The van der Waals surface area contributed by atoms with Gasteiger partial charge in [-0.2, -0.15) is 11.8 Å². The molecule has 0 rings (SSSR count). The summed E-state index contributed by atoms with van der Waals surface area (Å²) in [5.41, 5.74) is 11.0. The minimum atomic E-state index is -1.66. The average Bonchev–Trinajstić information content (AvgIpc) is 2.71. The highest BCUT2D eigenvalue weighted by atomic mass is 32.2. The van der Waals surface area contributed by atoms with Crippen LogP contribution in [0.5, 0.6) is 0 Å². The van der Waals surface area contributed by atoms with Gasteiger partial charge in [-0.3, -0.25) is 19.2 Å². The van der Waals surface area contributed by atoms with Crippen molar-refractivity contribution >= 4 is 41.4 Å². The van der Waals surface area contributed by atoms with Gasteiger partial charge in [0.1, 0.15) is 12.1 Å². The Morgan fingerprint density at radius 1 is 0.969 bits per heavy atom. The molecule has 0 aliphatic rings. The number of amides is 4. The SMILES string of the molecule is CCC(C)C(NC(=O)C(N)CCSC)C(=O)NC(CC(N)=O)C(=O)NC(C(=O)O)C(C)O. The molecule has 32 heavy (non-hydrogen) atoms. The van der Waals surface area contributed by atoms with E-state index in [9.17, 15) is 29.1 Å². The number of carboxylic acid groups (broad SMARTS) is 1. The number of aliphatic hydroxyl groups excluding tert-OH is 1. The fourth-order valence-electron chi connectivity index (χ4n) is 2.65. The second-order valence-electron chi connectivity index (χ2n) is 7.56. The molecule has 0 aromatic carbocycles. The van der Waals surface area contributed by atoms with E-state index < -0.39 is 66.3 Å². The Hall–Kier alpha value is -2.38. The molecule has 6 unspecified atom stereocenters. The molecule has 6 atom stereocenters. The molecule has 0 aliphatic carbocycles. The van der Waals surface area contributed by atoms with Crippen molar-refractivity contribution in [2.24, 2.45) is 17.4 Å². The zero-order valence-corrected chi connectivity index (χ0v) is 19.6. The number of nitrogens with one attached hydrogen (secondary N) is 3. The Labute approximate surface area is 191 Å². The van der Waals surface area contributed by atoms with Crippen molar-refractivity contribution < 1.29 is 34.2 Å². The summed E-state index contributed by atoms with van der Waals surface area (Å²) in [6.07, 6.45) is 0.740. The van der Waals surface area contributed by atoms with Crippen LogP contribution in [-0.4, -0.2) is 82.1 Å². The van der Waals surface area contributed by atoms with Crippen molar-refractivity contribution in [3.8, 4) is 0 Å². The molecule has 184 valence electrons. The van der Waals surface area contributed by atoms with E-state index in [0.717, 1.165) is 6.92 Å². The van der Waals surface area contributed by atoms with Gasteiger partial charge in [-0.1, -0.05) is 20.3 Å². The molecule has 0 bridgehead atoms. The van der Waals surface area contributed by atoms with Gasteiger partial charge in [0.15, 0.2) is 6.04 Å². The molecule has 0 radical (unpaired) electrons. The van der Waals surface area contributed by atoms with Gasteiger partial charge in [-0.05, 0) is 31.3 Å². The maximum atomic E-state index is 12.9. The summed E-state index contributed by atoms with van der Waals surface area (Å²) in [6.45, 7) is 4.68. The number of nitrogens with two attached hydrogens (primary N) is 2. The molecule has 0 heterocycles. The van der Waals surface area contributed by atoms with Crippen LogP contribution in [0.4, 0.5) is 0 Å². The summed E-state index contributed by atoms with van der Waals surface area (Å²) in [4.78, 5) is 60.5. The third kappa shape index (κ3) is 10.3. The quantitative estimate of drug-likeness (QED) is 0.137. The van der Waals surface area contributed by atoms with Crippen molar-refractivity contribution in [3.63, 3.8) is 0 Å². The molecule has 4 amide bonds. The van der Waals surface area contributed by atoms with E-state index >= 15 is 0 Å². The van der Waals surface area contributed by atoms with Crippen molar-refractivity contribution in [1.29, 1.82) is 0 Å². The largest absolute Gasteiger partial charge is 0.480 e. The zero-order valence-electron chi connectivity index (χ0n) is 18.8. The highest BCUT2D eigenvalue weighted by molar-refractivity contribution is 7.98. The first-order chi connectivity index (χ1) is 14.8. The predicted molar refractivity (Wildman–Crippen MR) is 119 cm³/mol. The smallest absolute Gasteiger partial charge is 0.328 e. The standard InChI is InChI=1S/C19H35N5O7S/c1-5-9(2)14(23-16(27)11(20)6-7-32-4)18(29)22-12(8-13(21)26)17(28)24-15(10(3)25)19(30)31/h9-12,14-15,25H,5-8,20H2,1-4H3,(H2,21,26)(H,22,29)(H,23,27)(H,24,28)(H,30,31). The number of primary amides is 1. The first-order valence-electron chi connectivity index (χ1n) is 10.2. The van der Waals surface area contributed by atoms with Gasteiger partial charge in [0.25, 0.3) is 0 Å². The van der Waals surface area contributed by atoms with Crippen molar-refractivity contribution in [2.45, 2.75) is 70.3 Å². The average molecular weight is 478 g/mol. The van der Waals surface area contributed by atoms with Gasteiger partial charge in [0, 0.05) is 0 Å². The molecule has 0 aromatic rings. The minimum absolute atomic E-state index is 0.340. The fraction of sp³-hybridized carbons (Fsp3) is 0.737. The summed E-state index contributed by atoms with van der Waals surface area (Å²) >= 11 is 1.52. The number of carbonyl (C=O) groups excluding carboxylic acids is 4. The van der Waals surface area contributed by atoms with Crippen LogP contribution in [-0.2, 0) is 24.0 Å². The molecule has 0 aliphatic heterocycles. The lowest BCUT2D eigenvalue weighted by Gasteiger charge is -2.28. The fourth-order valence-corrected chi connectivity index (χ4v) is 3.14. The first kappa shape index (κ1) is 29.6. The van der Waals surface area contributed by atoms with Crippen LogP contribution in [0.2, 0.25) is 0 Å². The molecule has 9 N–H and O–H groups in total. The van der Waals surface area contributed by atoms with E-state index in [0.29, 0.717) is 18.6 Å². The van der Waals surface area contributed by atoms with Gasteiger partial charge >= 0.3 is 5.97 Å². The third-order valence-electron chi connectivity index (χ3n) is 4.85. The van der Waals surface area contributed by atoms with Crippen LogP contribution in [0.25, 0.3) is 0 Å². The number of aliphatic carboxylic acids is 1. The predicted octanol–water partition coefficient (Wildman–Crippen LogP) is -2.09. The van der Waals surface area contributed by atoms with Crippen LogP contribution in [0, 0.1) is 5.92 Å². The van der Waals surface area contributed by atoms with Crippen molar-refractivity contribution in [3.05, 3.63) is 0 Å². The monoisotopic (exact) mass is 477 g/mol. The molecule has 0 saturated carbocycles. The molecular formula is C19H35N5O7S. The van der Waals surface area contributed by atoms with Crippen LogP contribution < -0.4 is 27.4 Å². The Morgan fingerprint density at radius 3 is 1.97 bits per heavy atom. The van der Waals surface area contributed by atoms with Crippen LogP contribution in [0.1, 0.15) is 40.0 Å². The van der Waals surface area contributed by atoms with Crippen molar-refractivity contribution in [1.82, 2.24) is 16.0 Å². The van der Waals surface area contributed by atoms with Gasteiger partial charge in [0.05, 0.1) is 18.6 Å². The first-order valence-corrected chi connectivity index (χ1v) is 11.6. The summed E-state index contributed by atoms with van der Waals surface area (Å²) in [5, 5.41) is 25.7. The molecule has 0 saturated heterocycles. The summed E-state index contributed by atoms with van der Waals surface area (Å²) in [6, 6.07) is -5.04. The van der Waals surface area contributed by atoms with Gasteiger partial charge in [0.2, 0.25) is 23.6 Å². The highest BCUT2D eigenvalue weighted by Gasteiger charge is 2.34. The van der Waals surface area contributed by atoms with E-state index in [1.54, 1.807) is 13.8 Å². The van der Waals surface area contributed by atoms with E-state index in [1.807, 2.05) is 6.26 Å². The number of carbonyl (C=O) groups is 5. The van der Waals surface area contributed by atoms with E-state index in [2.05, 4.69) is 16.0 Å². The van der Waals surface area contributed by atoms with E-state index in [4.69, 9.17) is 16.6 Å². The molecule has 12 nitrogen and oxygen atoms in total. The van der Waals surface area contributed by atoms with Crippen LogP contribution in [0.15, 0.2) is 0 Å². The highest BCUT2D eigenvalue weighted by Crippen LogP contribution is 2.10. The number of thioether (sulfide) groups is 1. The van der Waals surface area contributed by atoms with Crippen LogP contribution in [0.3, 0.4) is 0 Å². The van der Waals surface area contributed by atoms with E-state index in [-0.39, 0.29) is 5.92 Å². The van der Waals surface area contributed by atoms with Crippen LogP contribution >= 0.6 is 11.8 Å². The van der Waals surface area contributed by atoms with E-state index in [1.165, 1.54) is 11.8 Å². The maximum Gasteiger partial charge on any atom is 0.328 e. The number of hydrogen-bond donors (Lipinski definition) is 7. The zero-order chi connectivity index (χ0) is 25.0. The lowest BCUT2D eigenvalue weighted by molar-refractivity contribution is -0.145. The van der Waals surface area contributed by atoms with Gasteiger partial charge in [-0.25, -0.2) is 4.79 Å². The lowest BCUT2D eigenvalue weighted by Crippen LogP contribution is -2.60. The Balaban J connectivity index is 5.52. The number of aliphatic hydroxyl groups is 1. The van der Waals surface area contributed by atoms with Gasteiger partial charge < -0.3 is 37.6 Å². The normalized spacial score (nSPS) is 16.6. The Morgan fingerprint density at radius 2 is 1.53 bits per heavy atom. The summed E-state index contributed by atoms with van der Waals surface area (Å²) in [7, 11) is 0. The van der Waals surface area contributed by atoms with Gasteiger partial charge in [-0.15, -0.1) is 0 Å². The molecule has 0 fully saturated rings. The summed E-state index contributed by atoms with van der Waals surface area (Å²) < 4.78 is 0. The lowest BCUT2D eigenvalue weighted by atomic mass is 9.97. The number of hydrogen-bond acceptors (Lipinski definition) is 8. The topological polar surface area (TPSA) is 214 Å². The molecule has 0 spiro atoms. The second kappa shape index (κ2) is 14.6. The molecular weight excluding hydrogens is 442 g/mol. The molecule has 13 heteroatoms. The minimum Gasteiger partial charge on any atom is -0.480 e. The number of carboxylic acids is 1. The number of rotatable bonds is 15. The Kier molecular flexibility index (Phi) is 13.5.